The van der Waals surface area contributed by atoms with E-state index in [0.717, 1.165) is 4.70 Å². The number of furan rings is 1. The third-order valence-electron chi connectivity index (χ3n) is 4.34. The van der Waals surface area contributed by atoms with Gasteiger partial charge in [-0.2, -0.15) is 5.10 Å². The molecule has 0 bridgehead atoms. The van der Waals surface area contributed by atoms with E-state index in [1.54, 1.807) is 18.2 Å². The van der Waals surface area contributed by atoms with Crippen molar-refractivity contribution in [3.63, 3.8) is 0 Å². The first-order chi connectivity index (χ1) is 15.3. The van der Waals surface area contributed by atoms with Gasteiger partial charge in [-0.25, -0.2) is 5.43 Å². The van der Waals surface area contributed by atoms with Gasteiger partial charge in [0.05, 0.1) is 26.5 Å². The number of fused-ring (bicyclic) bond motifs is 1. The number of nitrogens with zero attached hydrogens (tertiary/aromatic N) is 3. The Morgan fingerprint density at radius 3 is 2.62 bits per heavy atom. The summed E-state index contributed by atoms with van der Waals surface area (Å²) < 4.78 is 6.29. The van der Waals surface area contributed by atoms with Gasteiger partial charge in [-0.1, -0.05) is 11.6 Å². The first kappa shape index (κ1) is 21.2. The number of halogens is 1. The minimum Gasteiger partial charge on any atom is -0.455 e. The minimum atomic E-state index is -0.558. The lowest BCUT2D eigenvalue weighted by Gasteiger charge is -2.00. The molecule has 0 fully saturated rings. The molecule has 0 saturated carbocycles. The van der Waals surface area contributed by atoms with Gasteiger partial charge < -0.3 is 4.42 Å². The maximum absolute atomic E-state index is 12.3. The van der Waals surface area contributed by atoms with Crippen LogP contribution in [0.15, 0.2) is 64.1 Å². The average molecular weight is 471 g/mol. The highest BCUT2D eigenvalue weighted by molar-refractivity contribution is 7.20. The topological polar surface area (TPSA) is 141 Å². The molecule has 0 aliphatic carbocycles. The summed E-state index contributed by atoms with van der Waals surface area (Å²) in [4.78, 5) is 33.7. The molecular formula is C20H11ClN4O6S. The fourth-order valence-electron chi connectivity index (χ4n) is 2.90. The average Bonchev–Trinajstić information content (AvgIpc) is 3.40. The van der Waals surface area contributed by atoms with Gasteiger partial charge in [0, 0.05) is 33.3 Å². The zero-order valence-corrected chi connectivity index (χ0v) is 17.4. The van der Waals surface area contributed by atoms with Crippen molar-refractivity contribution in [2.24, 2.45) is 5.10 Å². The number of hydrogen-bond acceptors (Lipinski definition) is 8. The maximum atomic E-state index is 12.3. The molecule has 4 aromatic rings. The Morgan fingerprint density at radius 2 is 1.88 bits per heavy atom. The summed E-state index contributed by atoms with van der Waals surface area (Å²) in [5, 5.41) is 26.8. The number of rotatable bonds is 6. The summed E-state index contributed by atoms with van der Waals surface area (Å²) in [6.07, 6.45) is 1.25. The number of benzene rings is 2. The predicted molar refractivity (Wildman–Crippen MR) is 119 cm³/mol. The highest BCUT2D eigenvalue weighted by Gasteiger charge is 2.18. The van der Waals surface area contributed by atoms with E-state index >= 15 is 0 Å². The molecule has 0 atom stereocenters. The van der Waals surface area contributed by atoms with Gasteiger partial charge in [0.25, 0.3) is 17.3 Å². The van der Waals surface area contributed by atoms with E-state index in [1.807, 2.05) is 0 Å². The number of hydrogen-bond donors (Lipinski definition) is 1. The fourth-order valence-corrected chi connectivity index (χ4v) is 4.00. The number of non-ortho nitro benzene ring substituents is 1. The Morgan fingerprint density at radius 1 is 1.06 bits per heavy atom. The highest BCUT2D eigenvalue weighted by Crippen LogP contribution is 2.33. The van der Waals surface area contributed by atoms with E-state index in [4.69, 9.17) is 16.0 Å². The molecule has 1 amide bonds. The Bertz CT molecular complexity index is 1410. The van der Waals surface area contributed by atoms with Crippen molar-refractivity contribution < 1.29 is 19.1 Å². The molecule has 0 radical (unpaired) electrons. The molecule has 0 aliphatic rings. The first-order valence-electron chi connectivity index (χ1n) is 8.87. The van der Waals surface area contributed by atoms with E-state index < -0.39 is 15.8 Å². The van der Waals surface area contributed by atoms with Crippen LogP contribution in [0.5, 0.6) is 0 Å². The third kappa shape index (κ3) is 4.33. The molecule has 1 N–H and O–H groups in total. The molecule has 2 aromatic carbocycles. The number of carbonyl (C=O) groups excluding carboxylic acids is 1. The van der Waals surface area contributed by atoms with Gasteiger partial charge in [-0.3, -0.25) is 25.0 Å². The van der Waals surface area contributed by atoms with Crippen LogP contribution >= 0.6 is 22.9 Å². The molecule has 0 aliphatic heterocycles. The summed E-state index contributed by atoms with van der Waals surface area (Å²) >= 11 is 7.00. The van der Waals surface area contributed by atoms with Gasteiger partial charge in [0.1, 0.15) is 11.5 Å². The standard InChI is InChI=1S/C20H11ClN4O6S/c21-12-1-4-15(16(9-12)25(29)30)17-5-3-14(31-17)10-22-23-20(26)19-8-11-7-13(24(27)28)2-6-18(11)32-19/h1-10H,(H,23,26). The molecular weight excluding hydrogens is 460 g/mol. The number of nitro groups is 2. The van der Waals surface area contributed by atoms with Crippen LogP contribution in [-0.4, -0.2) is 22.0 Å². The van der Waals surface area contributed by atoms with Crippen LogP contribution in [0, 0.1) is 20.2 Å². The van der Waals surface area contributed by atoms with Gasteiger partial charge >= 0.3 is 0 Å². The zero-order valence-electron chi connectivity index (χ0n) is 15.9. The SMILES string of the molecule is O=C(NN=Cc1ccc(-c2ccc(Cl)cc2[N+](=O)[O-])o1)c1cc2cc([N+](=O)[O-])ccc2s1. The Balaban J connectivity index is 1.48. The normalized spacial score (nSPS) is 11.2. The van der Waals surface area contributed by atoms with Gasteiger partial charge in [-0.15, -0.1) is 11.3 Å². The van der Waals surface area contributed by atoms with Gasteiger partial charge in [0.2, 0.25) is 0 Å². The predicted octanol–water partition coefficient (Wildman–Crippen LogP) is 5.40. The van der Waals surface area contributed by atoms with E-state index in [9.17, 15) is 25.0 Å². The lowest BCUT2D eigenvalue weighted by molar-refractivity contribution is -0.384. The van der Waals surface area contributed by atoms with Crippen molar-refractivity contribution in [2.45, 2.75) is 0 Å². The number of carbonyl (C=O) groups is 1. The second-order valence-electron chi connectivity index (χ2n) is 6.41. The van der Waals surface area contributed by atoms with E-state index in [1.165, 1.54) is 53.9 Å². The summed E-state index contributed by atoms with van der Waals surface area (Å²) in [6.45, 7) is 0. The van der Waals surface area contributed by atoms with Crippen LogP contribution in [0.1, 0.15) is 15.4 Å². The van der Waals surface area contributed by atoms with Crippen LogP contribution in [0.3, 0.4) is 0 Å². The summed E-state index contributed by atoms with van der Waals surface area (Å²) in [7, 11) is 0. The third-order valence-corrected chi connectivity index (χ3v) is 5.69. The van der Waals surface area contributed by atoms with Crippen LogP contribution in [-0.2, 0) is 0 Å². The molecule has 0 saturated heterocycles. The minimum absolute atomic E-state index is 0.0603. The number of hydrazone groups is 1. The van der Waals surface area contributed by atoms with Gasteiger partial charge in [0.15, 0.2) is 0 Å². The summed E-state index contributed by atoms with van der Waals surface area (Å²) in [5.74, 6) is 0.00831. The Hall–Kier alpha value is -4.09. The van der Waals surface area contributed by atoms with Crippen LogP contribution in [0.2, 0.25) is 5.02 Å². The monoisotopic (exact) mass is 470 g/mol. The molecule has 0 unspecified atom stereocenters. The molecule has 10 nitrogen and oxygen atoms in total. The first-order valence-corrected chi connectivity index (χ1v) is 10.1. The van der Waals surface area contributed by atoms with Crippen molar-refractivity contribution in [2.75, 3.05) is 0 Å². The van der Waals surface area contributed by atoms with E-state index in [-0.39, 0.29) is 33.5 Å². The number of thiophene rings is 1. The van der Waals surface area contributed by atoms with Crippen LogP contribution in [0.25, 0.3) is 21.4 Å². The van der Waals surface area contributed by atoms with Gasteiger partial charge in [-0.05, 0) is 36.4 Å². The van der Waals surface area contributed by atoms with E-state index in [2.05, 4.69) is 10.5 Å². The summed E-state index contributed by atoms with van der Waals surface area (Å²) in [6, 6.07) is 13.2. The molecule has 12 heteroatoms. The van der Waals surface area contributed by atoms with Crippen LogP contribution in [0.4, 0.5) is 11.4 Å². The summed E-state index contributed by atoms with van der Waals surface area (Å²) in [5.41, 5.74) is 2.34. The number of nitro benzene ring substituents is 2. The molecule has 2 aromatic heterocycles. The van der Waals surface area contributed by atoms with Crippen molar-refractivity contribution >= 4 is 56.5 Å². The number of amides is 1. The van der Waals surface area contributed by atoms with Crippen molar-refractivity contribution in [3.8, 4) is 11.3 Å². The Kier molecular flexibility index (Phi) is 5.67. The molecule has 4 rings (SSSR count). The lowest BCUT2D eigenvalue weighted by atomic mass is 10.1. The quantitative estimate of drug-likeness (QED) is 0.227. The number of nitrogens with one attached hydrogen (secondary N) is 1. The smallest absolute Gasteiger partial charge is 0.281 e. The second-order valence-corrected chi connectivity index (χ2v) is 7.93. The fraction of sp³-hybridized carbons (Fsp3) is 0. The second kappa shape index (κ2) is 8.57. The zero-order chi connectivity index (χ0) is 22.8. The molecule has 0 spiro atoms. The molecule has 160 valence electrons. The molecule has 2 heterocycles. The largest absolute Gasteiger partial charge is 0.455 e. The van der Waals surface area contributed by atoms with Crippen LogP contribution < -0.4 is 5.43 Å². The van der Waals surface area contributed by atoms with E-state index in [0.29, 0.717) is 10.3 Å². The van der Waals surface area contributed by atoms with Crippen molar-refractivity contribution in [3.05, 3.63) is 90.5 Å². The Labute approximate surface area is 188 Å². The maximum Gasteiger partial charge on any atom is 0.281 e. The highest BCUT2D eigenvalue weighted by atomic mass is 35.5. The molecule has 32 heavy (non-hydrogen) atoms. The van der Waals surface area contributed by atoms with Crippen molar-refractivity contribution in [1.29, 1.82) is 0 Å². The van der Waals surface area contributed by atoms with Crippen molar-refractivity contribution in [1.82, 2.24) is 5.43 Å². The lowest BCUT2D eigenvalue weighted by Crippen LogP contribution is -2.15.